The Hall–Kier alpha value is -2.81. The Morgan fingerprint density at radius 2 is 1.65 bits per heavy atom. The summed E-state index contributed by atoms with van der Waals surface area (Å²) in [6, 6.07) is 17.0. The minimum absolute atomic E-state index is 0.254. The smallest absolute Gasteiger partial charge is 0.424 e. The first kappa shape index (κ1) is 15.1. The standard InChI is InChI=1S/C20H18O3/c1-20(2)22-18(13-10-15-8-11-17(21)12-9-15)14-19(23-20)16-6-4-3-5-7-16/h3-14H,1-2H3/p+1. The molecule has 0 amide bonds. The maximum Gasteiger partial charge on any atom is 0.424 e. The van der Waals surface area contributed by atoms with Gasteiger partial charge in [-0.15, -0.1) is 0 Å². The zero-order chi connectivity index (χ0) is 16.3. The van der Waals surface area contributed by atoms with Gasteiger partial charge in [0.05, 0.1) is 25.5 Å². The summed E-state index contributed by atoms with van der Waals surface area (Å²) in [5.74, 6) is 1.04. The lowest BCUT2D eigenvalue weighted by Gasteiger charge is -2.17. The molecule has 1 heterocycles. The predicted octanol–water partition coefficient (Wildman–Crippen LogP) is 4.47. The number of allylic oxidation sites excluding steroid dienone is 2. The van der Waals surface area contributed by atoms with Crippen molar-refractivity contribution in [2.45, 2.75) is 19.6 Å². The molecule has 0 unspecified atom stereocenters. The minimum atomic E-state index is -0.728. The highest BCUT2D eigenvalue weighted by Gasteiger charge is 2.37. The Morgan fingerprint density at radius 3 is 2.35 bits per heavy atom. The van der Waals surface area contributed by atoms with Crippen molar-refractivity contribution in [1.29, 1.82) is 0 Å². The van der Waals surface area contributed by atoms with Crippen molar-refractivity contribution in [2.24, 2.45) is 0 Å². The number of aromatic hydroxyl groups is 1. The molecule has 0 atom stereocenters. The first-order chi connectivity index (χ1) is 11.0. The molecule has 23 heavy (non-hydrogen) atoms. The van der Waals surface area contributed by atoms with Gasteiger partial charge in [0.1, 0.15) is 11.5 Å². The Kier molecular flexibility index (Phi) is 4.02. The maximum absolute atomic E-state index is 9.32. The second kappa shape index (κ2) is 6.13. The van der Waals surface area contributed by atoms with Crippen molar-refractivity contribution in [3.63, 3.8) is 0 Å². The van der Waals surface area contributed by atoms with E-state index in [-0.39, 0.29) is 5.75 Å². The molecular weight excluding hydrogens is 288 g/mol. The highest BCUT2D eigenvalue weighted by Crippen LogP contribution is 2.24. The lowest BCUT2D eigenvalue weighted by Crippen LogP contribution is -2.27. The van der Waals surface area contributed by atoms with Gasteiger partial charge in [-0.2, -0.15) is 0 Å². The molecule has 116 valence electrons. The highest BCUT2D eigenvalue weighted by atomic mass is 16.7. The normalized spacial score (nSPS) is 16.6. The topological polar surface area (TPSA) is 40.8 Å². The van der Waals surface area contributed by atoms with Crippen molar-refractivity contribution in [2.75, 3.05) is 0 Å². The summed E-state index contributed by atoms with van der Waals surface area (Å²) in [4.78, 5) is 0. The van der Waals surface area contributed by atoms with Gasteiger partial charge in [0, 0.05) is 0 Å². The number of ether oxygens (including phenoxy) is 1. The van der Waals surface area contributed by atoms with Crippen molar-refractivity contribution >= 4 is 11.9 Å². The number of rotatable bonds is 3. The second-order valence-corrected chi connectivity index (χ2v) is 5.81. The molecular formula is C20H19O3+. The van der Waals surface area contributed by atoms with Crippen LogP contribution in [-0.4, -0.2) is 16.7 Å². The third-order valence-electron chi connectivity index (χ3n) is 3.38. The van der Waals surface area contributed by atoms with Crippen LogP contribution in [0.25, 0.3) is 6.08 Å². The predicted molar refractivity (Wildman–Crippen MR) is 91.2 cm³/mol. The van der Waals surface area contributed by atoms with E-state index in [1.54, 1.807) is 12.1 Å². The molecule has 0 radical (unpaired) electrons. The molecule has 0 aromatic heterocycles. The molecule has 1 aliphatic rings. The zero-order valence-electron chi connectivity index (χ0n) is 13.2. The maximum atomic E-state index is 9.32. The van der Waals surface area contributed by atoms with Crippen LogP contribution in [-0.2, 0) is 4.74 Å². The van der Waals surface area contributed by atoms with Gasteiger partial charge in [-0.3, -0.25) is 0 Å². The van der Waals surface area contributed by atoms with Gasteiger partial charge in [-0.1, -0.05) is 36.4 Å². The summed E-state index contributed by atoms with van der Waals surface area (Å²) in [6.45, 7) is 3.77. The first-order valence-corrected chi connectivity index (χ1v) is 7.51. The van der Waals surface area contributed by atoms with Crippen LogP contribution in [0.5, 0.6) is 5.75 Å². The number of hydrogen-bond donors (Lipinski definition) is 1. The molecule has 0 aliphatic carbocycles. The fourth-order valence-corrected chi connectivity index (χ4v) is 2.35. The van der Waals surface area contributed by atoms with Gasteiger partial charge in [0.2, 0.25) is 0 Å². The van der Waals surface area contributed by atoms with Gasteiger partial charge in [0.15, 0.2) is 0 Å². The van der Waals surface area contributed by atoms with E-state index >= 15 is 0 Å². The average Bonchev–Trinajstić information content (AvgIpc) is 2.54. The molecule has 3 heteroatoms. The number of ketones is 1. The summed E-state index contributed by atoms with van der Waals surface area (Å²) in [7, 11) is 0. The monoisotopic (exact) mass is 307 g/mol. The fraction of sp³-hybridized carbons (Fsp3) is 0.150. The third kappa shape index (κ3) is 3.89. The van der Waals surface area contributed by atoms with Gasteiger partial charge >= 0.3 is 11.6 Å². The van der Waals surface area contributed by atoms with E-state index in [4.69, 9.17) is 9.16 Å². The molecule has 0 fully saturated rings. The SMILES string of the molecule is CC1(C)OC(C=Cc2ccc(O)cc2)=CC(c2ccccc2)=[O+]1. The average molecular weight is 307 g/mol. The van der Waals surface area contributed by atoms with E-state index in [9.17, 15) is 5.11 Å². The number of benzene rings is 2. The molecule has 0 saturated heterocycles. The van der Waals surface area contributed by atoms with Gasteiger partial charge < -0.3 is 9.84 Å². The zero-order valence-corrected chi connectivity index (χ0v) is 13.2. The fourth-order valence-electron chi connectivity index (χ4n) is 2.35. The van der Waals surface area contributed by atoms with E-state index in [0.29, 0.717) is 0 Å². The van der Waals surface area contributed by atoms with E-state index in [2.05, 4.69) is 0 Å². The third-order valence-corrected chi connectivity index (χ3v) is 3.38. The molecule has 0 spiro atoms. The van der Waals surface area contributed by atoms with Crippen LogP contribution in [0.3, 0.4) is 0 Å². The summed E-state index contributed by atoms with van der Waals surface area (Å²) in [6.07, 6.45) is 5.73. The Bertz CT molecular complexity index is 766. The van der Waals surface area contributed by atoms with Crippen LogP contribution >= 0.6 is 0 Å². The lowest BCUT2D eigenvalue weighted by molar-refractivity contribution is -0.462. The second-order valence-electron chi connectivity index (χ2n) is 5.81. The molecule has 1 N–H and O–H groups in total. The summed E-state index contributed by atoms with van der Waals surface area (Å²) in [5.41, 5.74) is 2.00. The lowest BCUT2D eigenvalue weighted by atomic mass is 10.1. The Morgan fingerprint density at radius 1 is 0.957 bits per heavy atom. The highest BCUT2D eigenvalue weighted by molar-refractivity contribution is 6.05. The molecule has 2 aromatic rings. The van der Waals surface area contributed by atoms with Gasteiger partial charge in [-0.25, -0.2) is 4.42 Å². The largest absolute Gasteiger partial charge is 0.508 e. The minimum Gasteiger partial charge on any atom is -0.508 e. The molecule has 0 saturated carbocycles. The van der Waals surface area contributed by atoms with Crippen molar-refractivity contribution < 1.29 is 14.3 Å². The number of hydrogen-bond acceptors (Lipinski definition) is 2. The summed E-state index contributed by atoms with van der Waals surface area (Å²) < 4.78 is 11.8. The van der Waals surface area contributed by atoms with Crippen LogP contribution in [0, 0.1) is 0 Å². The first-order valence-electron chi connectivity index (χ1n) is 7.51. The summed E-state index contributed by atoms with van der Waals surface area (Å²) >= 11 is 0. The Balaban J connectivity index is 1.88. The number of carbonyl (C=O) groups excluding carboxylic acids is 1. The van der Waals surface area contributed by atoms with E-state index in [1.165, 1.54) is 0 Å². The molecule has 3 rings (SSSR count). The van der Waals surface area contributed by atoms with Crippen LogP contribution in [0.2, 0.25) is 0 Å². The number of phenolic OH excluding ortho intramolecular Hbond substituents is 1. The van der Waals surface area contributed by atoms with Gasteiger partial charge in [-0.05, 0) is 35.9 Å². The van der Waals surface area contributed by atoms with E-state index < -0.39 is 5.79 Å². The van der Waals surface area contributed by atoms with Crippen LogP contribution in [0.1, 0.15) is 29.4 Å². The van der Waals surface area contributed by atoms with Crippen LogP contribution < -0.4 is 0 Å². The van der Waals surface area contributed by atoms with Crippen molar-refractivity contribution in [3.05, 3.63) is 83.6 Å². The van der Waals surface area contributed by atoms with Crippen LogP contribution in [0.4, 0.5) is 0 Å². The molecule has 1 aliphatic heterocycles. The van der Waals surface area contributed by atoms with Crippen LogP contribution in [0.15, 0.2) is 72.5 Å². The van der Waals surface area contributed by atoms with E-state index in [1.807, 2.05) is 74.5 Å². The quantitative estimate of drug-likeness (QED) is 0.850. The Labute approximate surface area is 135 Å². The summed E-state index contributed by atoms with van der Waals surface area (Å²) in [5, 5.41) is 9.32. The number of phenols is 1. The molecule has 2 aromatic carbocycles. The van der Waals surface area contributed by atoms with Crippen molar-refractivity contribution in [1.82, 2.24) is 0 Å². The van der Waals surface area contributed by atoms with E-state index in [0.717, 1.165) is 22.7 Å². The van der Waals surface area contributed by atoms with Gasteiger partial charge in [0.25, 0.3) is 0 Å². The molecule has 0 bridgehead atoms. The van der Waals surface area contributed by atoms with Crippen molar-refractivity contribution in [3.8, 4) is 5.75 Å². The molecule has 3 nitrogen and oxygen atoms in total.